The Hall–Kier alpha value is -2.45. The number of halogens is 3. The van der Waals surface area contributed by atoms with Gasteiger partial charge in [-0.05, 0) is 51.3 Å². The van der Waals surface area contributed by atoms with Crippen molar-refractivity contribution in [2.24, 2.45) is 10.9 Å². The third-order valence-electron chi connectivity index (χ3n) is 4.15. The van der Waals surface area contributed by atoms with Crippen molar-refractivity contribution in [3.8, 4) is 5.75 Å². The molecule has 1 saturated carbocycles. The second kappa shape index (κ2) is 9.37. The van der Waals surface area contributed by atoms with Crippen molar-refractivity contribution in [3.05, 3.63) is 29.3 Å². The van der Waals surface area contributed by atoms with Gasteiger partial charge in [0.15, 0.2) is 5.96 Å². The first kappa shape index (κ1) is 22.8. The number of carbonyl (C=O) groups is 1. The first-order valence-corrected chi connectivity index (χ1v) is 9.61. The van der Waals surface area contributed by atoms with E-state index in [1.54, 1.807) is 20.8 Å². The largest absolute Gasteiger partial charge is 0.488 e. The minimum Gasteiger partial charge on any atom is -0.488 e. The average molecular weight is 414 g/mol. The molecule has 1 amide bonds. The second-order valence-corrected chi connectivity index (χ2v) is 7.95. The minimum absolute atomic E-state index is 0.0436. The summed E-state index contributed by atoms with van der Waals surface area (Å²) in [5, 5.41) is 8.65. The highest BCUT2D eigenvalue weighted by Gasteiger charge is 2.34. The van der Waals surface area contributed by atoms with E-state index in [2.05, 4.69) is 20.9 Å². The lowest BCUT2D eigenvalue weighted by atomic mass is 10.1. The van der Waals surface area contributed by atoms with Gasteiger partial charge in [-0.25, -0.2) is 0 Å². The van der Waals surface area contributed by atoms with Crippen LogP contribution in [0.3, 0.4) is 0 Å². The molecule has 1 aliphatic rings. The van der Waals surface area contributed by atoms with Gasteiger partial charge in [-0.2, -0.15) is 13.2 Å². The van der Waals surface area contributed by atoms with Crippen LogP contribution < -0.4 is 20.7 Å². The Morgan fingerprint density at radius 3 is 2.34 bits per heavy atom. The highest BCUT2D eigenvalue weighted by atomic mass is 19.4. The van der Waals surface area contributed by atoms with Crippen molar-refractivity contribution < 1.29 is 22.7 Å². The normalized spacial score (nSPS) is 15.1. The summed E-state index contributed by atoms with van der Waals surface area (Å²) in [5.41, 5.74) is -1.26. The van der Waals surface area contributed by atoms with Crippen LogP contribution in [0.4, 0.5) is 13.2 Å². The zero-order valence-electron chi connectivity index (χ0n) is 17.2. The fourth-order valence-corrected chi connectivity index (χ4v) is 2.65. The van der Waals surface area contributed by atoms with E-state index < -0.39 is 17.3 Å². The zero-order valence-corrected chi connectivity index (χ0v) is 17.2. The number of guanidine groups is 1. The number of alkyl halides is 3. The summed E-state index contributed by atoms with van der Waals surface area (Å²) in [5.74, 6) is 0.705. The van der Waals surface area contributed by atoms with Gasteiger partial charge in [0.25, 0.3) is 0 Å². The molecule has 0 unspecified atom stereocenters. The lowest BCUT2D eigenvalue weighted by Crippen LogP contribution is -2.41. The Balaban J connectivity index is 1.93. The van der Waals surface area contributed by atoms with E-state index in [1.807, 2.05) is 0 Å². The molecule has 6 nitrogen and oxygen atoms in total. The summed E-state index contributed by atoms with van der Waals surface area (Å²) in [6.45, 7) is 6.11. The fourth-order valence-electron chi connectivity index (χ4n) is 2.65. The molecule has 0 heterocycles. The van der Waals surface area contributed by atoms with Gasteiger partial charge in [-0.1, -0.05) is 6.07 Å². The topological polar surface area (TPSA) is 74.8 Å². The first-order chi connectivity index (χ1) is 13.5. The number of ether oxygens (including phenoxy) is 1. The van der Waals surface area contributed by atoms with Crippen molar-refractivity contribution in [2.75, 3.05) is 20.1 Å². The van der Waals surface area contributed by atoms with E-state index >= 15 is 0 Å². The Labute approximate surface area is 169 Å². The van der Waals surface area contributed by atoms with E-state index in [9.17, 15) is 18.0 Å². The van der Waals surface area contributed by atoms with Gasteiger partial charge in [-0.3, -0.25) is 9.79 Å². The van der Waals surface area contributed by atoms with Crippen LogP contribution in [0.15, 0.2) is 23.2 Å². The molecule has 1 aliphatic carbocycles. The van der Waals surface area contributed by atoms with Crippen LogP contribution in [-0.2, 0) is 17.5 Å². The highest BCUT2D eigenvalue weighted by molar-refractivity contribution is 5.81. The predicted molar refractivity (Wildman–Crippen MR) is 106 cm³/mol. The standard InChI is InChI=1S/C20H29F3N4O2/c1-19(2,3)29-15-8-7-14(16(11-15)20(21,22)23)12-27-18(24-4)26-10-9-25-17(28)13-5-6-13/h7-8,11,13H,5-6,9-10,12H2,1-4H3,(H,25,28)(H2,24,26,27). The average Bonchev–Trinajstić information content (AvgIpc) is 3.44. The smallest absolute Gasteiger partial charge is 0.416 e. The third kappa shape index (κ3) is 7.83. The maximum absolute atomic E-state index is 13.5. The molecule has 0 bridgehead atoms. The van der Waals surface area contributed by atoms with Crippen LogP contribution in [0.2, 0.25) is 0 Å². The van der Waals surface area contributed by atoms with Crippen molar-refractivity contribution in [2.45, 2.75) is 51.9 Å². The molecule has 162 valence electrons. The van der Waals surface area contributed by atoms with Gasteiger partial charge in [-0.15, -0.1) is 0 Å². The van der Waals surface area contributed by atoms with Crippen LogP contribution in [0.5, 0.6) is 5.75 Å². The van der Waals surface area contributed by atoms with Crippen molar-refractivity contribution in [1.29, 1.82) is 0 Å². The Bertz CT molecular complexity index is 738. The molecule has 3 N–H and O–H groups in total. The van der Waals surface area contributed by atoms with Crippen molar-refractivity contribution in [3.63, 3.8) is 0 Å². The SMILES string of the molecule is CN=C(NCCNC(=O)C1CC1)NCc1ccc(OC(C)(C)C)cc1C(F)(F)F. The molecule has 1 fully saturated rings. The first-order valence-electron chi connectivity index (χ1n) is 9.61. The van der Waals surface area contributed by atoms with Gasteiger partial charge in [0.1, 0.15) is 11.4 Å². The Kier molecular flexibility index (Phi) is 7.37. The number of aliphatic imine (C=N–C) groups is 1. The Morgan fingerprint density at radius 2 is 1.79 bits per heavy atom. The molecule has 29 heavy (non-hydrogen) atoms. The number of carbonyl (C=O) groups excluding carboxylic acids is 1. The van der Waals surface area contributed by atoms with Gasteiger partial charge in [0, 0.05) is 32.6 Å². The molecule has 0 saturated heterocycles. The van der Waals surface area contributed by atoms with Crippen LogP contribution in [0.1, 0.15) is 44.7 Å². The third-order valence-corrected chi connectivity index (χ3v) is 4.15. The van der Waals surface area contributed by atoms with E-state index in [-0.39, 0.29) is 29.7 Å². The number of hydrogen-bond acceptors (Lipinski definition) is 3. The molecule has 0 aliphatic heterocycles. The van der Waals surface area contributed by atoms with Gasteiger partial charge < -0.3 is 20.7 Å². The summed E-state index contributed by atoms with van der Waals surface area (Å²) >= 11 is 0. The number of benzene rings is 1. The molecule has 1 aromatic carbocycles. The van der Waals surface area contributed by atoms with Gasteiger partial charge in [0.05, 0.1) is 5.56 Å². The van der Waals surface area contributed by atoms with E-state index in [0.717, 1.165) is 18.9 Å². The van der Waals surface area contributed by atoms with Crippen molar-refractivity contribution in [1.82, 2.24) is 16.0 Å². The predicted octanol–water partition coefficient (Wildman–Crippen LogP) is 3.07. The van der Waals surface area contributed by atoms with Crippen molar-refractivity contribution >= 4 is 11.9 Å². The quantitative estimate of drug-likeness (QED) is 0.364. The lowest BCUT2D eigenvalue weighted by Gasteiger charge is -2.23. The molecule has 2 rings (SSSR count). The second-order valence-electron chi connectivity index (χ2n) is 7.95. The van der Waals surface area contributed by atoms with Crippen LogP contribution in [0.25, 0.3) is 0 Å². The molecule has 0 aromatic heterocycles. The number of amides is 1. The lowest BCUT2D eigenvalue weighted by molar-refractivity contribution is -0.138. The summed E-state index contributed by atoms with van der Waals surface area (Å²) < 4.78 is 46.0. The van der Waals surface area contributed by atoms with E-state index in [1.165, 1.54) is 19.2 Å². The van der Waals surface area contributed by atoms with Crippen LogP contribution >= 0.6 is 0 Å². The number of nitrogens with one attached hydrogen (secondary N) is 3. The van der Waals surface area contributed by atoms with E-state index in [0.29, 0.717) is 19.0 Å². The molecular weight excluding hydrogens is 385 g/mol. The van der Waals surface area contributed by atoms with Gasteiger partial charge >= 0.3 is 6.18 Å². The molecule has 0 atom stereocenters. The van der Waals surface area contributed by atoms with Crippen LogP contribution in [-0.4, -0.2) is 37.6 Å². The van der Waals surface area contributed by atoms with Gasteiger partial charge in [0.2, 0.25) is 5.91 Å². The minimum atomic E-state index is -4.50. The monoisotopic (exact) mass is 414 g/mol. The maximum Gasteiger partial charge on any atom is 0.416 e. The summed E-state index contributed by atoms with van der Waals surface area (Å²) in [6.07, 6.45) is -2.63. The molecule has 1 aromatic rings. The molecule has 9 heteroatoms. The maximum atomic E-state index is 13.5. The van der Waals surface area contributed by atoms with E-state index in [4.69, 9.17) is 4.74 Å². The molecule has 0 radical (unpaired) electrons. The fraction of sp³-hybridized carbons (Fsp3) is 0.600. The summed E-state index contributed by atoms with van der Waals surface area (Å²) in [6, 6.07) is 3.95. The highest BCUT2D eigenvalue weighted by Crippen LogP contribution is 2.35. The number of hydrogen-bond donors (Lipinski definition) is 3. The number of nitrogens with zero attached hydrogens (tertiary/aromatic N) is 1. The summed E-state index contributed by atoms with van der Waals surface area (Å²) in [7, 11) is 1.53. The van der Waals surface area contributed by atoms with Crippen LogP contribution in [0, 0.1) is 5.92 Å². The molecule has 0 spiro atoms. The Morgan fingerprint density at radius 1 is 1.14 bits per heavy atom. The zero-order chi connectivity index (χ0) is 21.7. The summed E-state index contributed by atoms with van der Waals surface area (Å²) in [4.78, 5) is 15.6. The molecular formula is C20H29F3N4O2. The number of rotatable bonds is 7.